The number of hydrogen-bond acceptors (Lipinski definition) is 5. The van der Waals surface area contributed by atoms with Gasteiger partial charge in [-0.2, -0.15) is 0 Å². The van der Waals surface area contributed by atoms with Crippen LogP contribution in [0.4, 0.5) is 0 Å². The monoisotopic (exact) mass is 317 g/mol. The number of rotatable bonds is 8. The van der Waals surface area contributed by atoms with Crippen LogP contribution < -0.4 is 5.32 Å². The van der Waals surface area contributed by atoms with Gasteiger partial charge in [-0.25, -0.2) is 0 Å². The molecule has 1 atom stereocenters. The molecule has 6 nitrogen and oxygen atoms in total. The molecule has 1 aliphatic heterocycles. The predicted octanol–water partition coefficient (Wildman–Crippen LogP) is 0.290. The first-order valence-corrected chi connectivity index (χ1v) is 8.57. The Morgan fingerprint density at radius 1 is 1.18 bits per heavy atom. The molecule has 0 aromatic carbocycles. The number of β-amino-alcohol motifs (C(OH)–C–C–N with tert-alkyl or cyclic N) is 1. The number of nitrogens with zero attached hydrogens (tertiary/aromatic N) is 2. The lowest BCUT2D eigenvalue weighted by molar-refractivity contribution is -0.154. The van der Waals surface area contributed by atoms with Crippen LogP contribution in [0.3, 0.4) is 0 Å². The molecule has 6 heteroatoms. The molecule has 1 heterocycles. The normalized spacial score (nSPS) is 18.4. The van der Waals surface area contributed by atoms with Gasteiger partial charge in [-0.15, -0.1) is 0 Å². The minimum absolute atomic E-state index is 0.141. The van der Waals surface area contributed by atoms with Gasteiger partial charge in [0.05, 0.1) is 6.61 Å². The quantitative estimate of drug-likeness (QED) is 0.600. The van der Waals surface area contributed by atoms with Crippen molar-refractivity contribution in [2.75, 3.05) is 52.9 Å². The fourth-order valence-corrected chi connectivity index (χ4v) is 2.69. The third-order valence-corrected chi connectivity index (χ3v) is 3.93. The molecule has 1 saturated heterocycles. The molecule has 3 N–H and O–H groups in total. The van der Waals surface area contributed by atoms with Gasteiger partial charge in [-0.05, 0) is 26.4 Å². The number of piperazine rings is 1. The molecule has 0 spiro atoms. The smallest absolute Gasteiger partial charge is 0.254 e. The minimum Gasteiger partial charge on any atom is -0.395 e. The largest absolute Gasteiger partial charge is 0.395 e. The summed E-state index contributed by atoms with van der Waals surface area (Å²) in [5.74, 6) is -0.141. The lowest BCUT2D eigenvalue weighted by atomic mass is 9.92. The molecule has 0 bridgehead atoms. The Morgan fingerprint density at radius 2 is 1.77 bits per heavy atom. The van der Waals surface area contributed by atoms with Gasteiger partial charge < -0.3 is 20.4 Å². The second-order valence-electron chi connectivity index (χ2n) is 5.49. The van der Waals surface area contributed by atoms with Gasteiger partial charge in [0.2, 0.25) is 0 Å². The van der Waals surface area contributed by atoms with Crippen LogP contribution in [0.5, 0.6) is 0 Å². The Morgan fingerprint density at radius 3 is 2.23 bits per heavy atom. The SMILES string of the molecule is CC.CCCC(O)(CCNC)C(=O)N1CCN(CCO)CC1. The van der Waals surface area contributed by atoms with E-state index in [9.17, 15) is 9.90 Å². The fourth-order valence-electron chi connectivity index (χ4n) is 2.69. The predicted molar refractivity (Wildman–Crippen MR) is 89.9 cm³/mol. The number of aliphatic hydroxyl groups is 2. The Balaban J connectivity index is 0.00000211. The summed E-state index contributed by atoms with van der Waals surface area (Å²) in [6, 6.07) is 0. The van der Waals surface area contributed by atoms with Crippen LogP contribution in [0.15, 0.2) is 0 Å². The van der Waals surface area contributed by atoms with E-state index in [0.717, 1.165) is 19.5 Å². The molecule has 22 heavy (non-hydrogen) atoms. The van der Waals surface area contributed by atoms with Crippen molar-refractivity contribution < 1.29 is 15.0 Å². The van der Waals surface area contributed by atoms with E-state index < -0.39 is 5.60 Å². The number of carbonyl (C=O) groups excluding carboxylic acids is 1. The first kappa shape index (κ1) is 21.3. The van der Waals surface area contributed by atoms with Gasteiger partial charge in [-0.3, -0.25) is 9.69 Å². The minimum atomic E-state index is -1.24. The highest BCUT2D eigenvalue weighted by molar-refractivity contribution is 5.85. The Kier molecular flexibility index (Phi) is 11.5. The topological polar surface area (TPSA) is 76.0 Å². The molecule has 0 saturated carbocycles. The van der Waals surface area contributed by atoms with Gasteiger partial charge in [0.25, 0.3) is 5.91 Å². The number of carbonyl (C=O) groups is 1. The summed E-state index contributed by atoms with van der Waals surface area (Å²) < 4.78 is 0. The van der Waals surface area contributed by atoms with E-state index >= 15 is 0 Å². The lowest BCUT2D eigenvalue weighted by Gasteiger charge is -2.39. The molecule has 0 radical (unpaired) electrons. The summed E-state index contributed by atoms with van der Waals surface area (Å²) in [4.78, 5) is 16.5. The molecule has 0 aromatic rings. The zero-order chi connectivity index (χ0) is 17.0. The molecule has 1 rings (SSSR count). The summed E-state index contributed by atoms with van der Waals surface area (Å²) in [5.41, 5.74) is -1.24. The number of hydrogen-bond donors (Lipinski definition) is 3. The van der Waals surface area contributed by atoms with E-state index in [4.69, 9.17) is 5.11 Å². The second kappa shape index (κ2) is 11.8. The van der Waals surface area contributed by atoms with E-state index in [1.165, 1.54) is 0 Å². The molecule has 1 amide bonds. The highest BCUT2D eigenvalue weighted by Crippen LogP contribution is 2.21. The maximum atomic E-state index is 12.6. The average Bonchev–Trinajstić information content (AvgIpc) is 2.55. The molecule has 132 valence electrons. The van der Waals surface area contributed by atoms with Crippen LogP contribution in [-0.2, 0) is 4.79 Å². The first-order chi connectivity index (χ1) is 10.6. The standard InChI is InChI=1S/C14H29N3O3.C2H6/c1-3-4-14(20,5-6-15-2)13(19)17-9-7-16(8-10-17)11-12-18;1-2/h15,18,20H,3-12H2,1-2H3;1-2H3. The van der Waals surface area contributed by atoms with Gasteiger partial charge in [0.15, 0.2) is 0 Å². The second-order valence-corrected chi connectivity index (χ2v) is 5.49. The van der Waals surface area contributed by atoms with Crippen molar-refractivity contribution in [1.29, 1.82) is 0 Å². The van der Waals surface area contributed by atoms with Gasteiger partial charge in [-0.1, -0.05) is 27.2 Å². The van der Waals surface area contributed by atoms with Crippen molar-refractivity contribution in [3.8, 4) is 0 Å². The summed E-state index contributed by atoms with van der Waals surface area (Å²) in [7, 11) is 1.82. The first-order valence-electron chi connectivity index (χ1n) is 8.57. The van der Waals surface area contributed by atoms with Crippen molar-refractivity contribution in [3.63, 3.8) is 0 Å². The van der Waals surface area contributed by atoms with E-state index in [0.29, 0.717) is 39.0 Å². The molecule has 1 aliphatic rings. The maximum absolute atomic E-state index is 12.6. The van der Waals surface area contributed by atoms with Gasteiger partial charge in [0.1, 0.15) is 5.60 Å². The summed E-state index contributed by atoms with van der Waals surface area (Å²) >= 11 is 0. The van der Waals surface area contributed by atoms with Crippen molar-refractivity contribution in [2.45, 2.75) is 45.6 Å². The van der Waals surface area contributed by atoms with E-state index in [1.54, 1.807) is 4.90 Å². The van der Waals surface area contributed by atoms with Crippen molar-refractivity contribution >= 4 is 5.91 Å². The molecule has 0 aromatic heterocycles. The maximum Gasteiger partial charge on any atom is 0.254 e. The zero-order valence-electron chi connectivity index (χ0n) is 14.8. The third-order valence-electron chi connectivity index (χ3n) is 3.93. The fraction of sp³-hybridized carbons (Fsp3) is 0.938. The highest BCUT2D eigenvalue weighted by atomic mass is 16.3. The molecule has 0 aliphatic carbocycles. The van der Waals surface area contributed by atoms with Crippen molar-refractivity contribution in [1.82, 2.24) is 15.1 Å². The van der Waals surface area contributed by atoms with Crippen molar-refractivity contribution in [2.24, 2.45) is 0 Å². The van der Waals surface area contributed by atoms with E-state index in [1.807, 2.05) is 27.8 Å². The number of nitrogens with one attached hydrogen (secondary N) is 1. The highest BCUT2D eigenvalue weighted by Gasteiger charge is 2.38. The summed E-state index contributed by atoms with van der Waals surface area (Å²) in [6.07, 6.45) is 1.74. The van der Waals surface area contributed by atoms with Crippen LogP contribution in [0.1, 0.15) is 40.0 Å². The molecule has 1 unspecified atom stereocenters. The van der Waals surface area contributed by atoms with Crippen molar-refractivity contribution in [3.05, 3.63) is 0 Å². The molecular weight excluding hydrogens is 282 g/mol. The molecular formula is C16H35N3O3. The van der Waals surface area contributed by atoms with E-state index in [-0.39, 0.29) is 12.5 Å². The lowest BCUT2D eigenvalue weighted by Crippen LogP contribution is -2.56. The molecule has 1 fully saturated rings. The van der Waals surface area contributed by atoms with Crippen LogP contribution in [0.25, 0.3) is 0 Å². The van der Waals surface area contributed by atoms with Crippen LogP contribution in [0.2, 0.25) is 0 Å². The summed E-state index contributed by atoms with van der Waals surface area (Å²) in [6.45, 7) is 10.2. The van der Waals surface area contributed by atoms with Crippen LogP contribution in [0, 0.1) is 0 Å². The van der Waals surface area contributed by atoms with Crippen LogP contribution >= 0.6 is 0 Å². The number of amides is 1. The van der Waals surface area contributed by atoms with Crippen LogP contribution in [-0.4, -0.2) is 84.4 Å². The third kappa shape index (κ3) is 6.60. The van der Waals surface area contributed by atoms with E-state index in [2.05, 4.69) is 10.2 Å². The Bertz CT molecular complexity index is 294. The summed E-state index contributed by atoms with van der Waals surface area (Å²) in [5, 5.41) is 22.6. The van der Waals surface area contributed by atoms with Gasteiger partial charge in [0, 0.05) is 32.7 Å². The Labute approximate surface area is 135 Å². The zero-order valence-corrected chi connectivity index (χ0v) is 14.8. The average molecular weight is 317 g/mol. The number of aliphatic hydroxyl groups excluding tert-OH is 1. The van der Waals surface area contributed by atoms with Gasteiger partial charge >= 0.3 is 0 Å². The Hall–Kier alpha value is -0.690.